The second kappa shape index (κ2) is 10.6. The van der Waals surface area contributed by atoms with E-state index >= 15 is 0 Å². The predicted molar refractivity (Wildman–Crippen MR) is 148 cm³/mol. The molecule has 1 amide bonds. The summed E-state index contributed by atoms with van der Waals surface area (Å²) in [7, 11) is 0. The van der Waals surface area contributed by atoms with Gasteiger partial charge in [-0.15, -0.1) is 0 Å². The number of anilines is 1. The monoisotopic (exact) mass is 548 g/mol. The van der Waals surface area contributed by atoms with Gasteiger partial charge >= 0.3 is 11.9 Å². The molecule has 7 nitrogen and oxygen atoms in total. The van der Waals surface area contributed by atoms with Gasteiger partial charge in [-0.1, -0.05) is 81.2 Å². The van der Waals surface area contributed by atoms with Gasteiger partial charge in [-0.05, 0) is 42.0 Å². The van der Waals surface area contributed by atoms with Crippen molar-refractivity contribution < 1.29 is 28.6 Å². The van der Waals surface area contributed by atoms with E-state index in [4.69, 9.17) is 4.74 Å². The van der Waals surface area contributed by atoms with Crippen LogP contribution in [0.1, 0.15) is 64.4 Å². The number of hydrogen-bond acceptors (Lipinski definition) is 7. The number of rotatable bonds is 6. The van der Waals surface area contributed by atoms with Gasteiger partial charge in [0.2, 0.25) is 0 Å². The molecule has 1 saturated heterocycles. The van der Waals surface area contributed by atoms with Crippen molar-refractivity contribution in [1.29, 1.82) is 0 Å². The molecule has 2 heterocycles. The summed E-state index contributed by atoms with van der Waals surface area (Å²) < 4.78 is 19.5. The summed E-state index contributed by atoms with van der Waals surface area (Å²) in [6, 6.07) is 10.4. The number of aliphatic hydroxyl groups is 1. The molecule has 202 valence electrons. The maximum absolute atomic E-state index is 14.4. The van der Waals surface area contributed by atoms with Crippen molar-refractivity contribution in [3.05, 3.63) is 99.3 Å². The number of Topliss-reactive ketones (excluding diaryl/α,β-unsaturated/α-hetero) is 1. The lowest BCUT2D eigenvalue weighted by Crippen LogP contribution is -2.29. The zero-order chi connectivity index (χ0) is 28.6. The SMILES string of the molecule is C=CCOC(=O)c1sc(N2C(=O)C(=O)C(=C(O)c3ccc(C)c(F)c3)[C@H]2c2ccc(C(C)(C)C)cc2)nc1C. The lowest BCUT2D eigenvalue weighted by Gasteiger charge is -2.24. The van der Waals surface area contributed by atoms with Gasteiger partial charge in [-0.2, -0.15) is 0 Å². The van der Waals surface area contributed by atoms with E-state index in [1.54, 1.807) is 26.0 Å². The summed E-state index contributed by atoms with van der Waals surface area (Å²) in [5.41, 5.74) is 1.99. The number of esters is 1. The van der Waals surface area contributed by atoms with Crippen LogP contribution in [0.2, 0.25) is 0 Å². The van der Waals surface area contributed by atoms with Crippen molar-refractivity contribution in [1.82, 2.24) is 4.98 Å². The van der Waals surface area contributed by atoms with Crippen molar-refractivity contribution in [3.63, 3.8) is 0 Å². The zero-order valence-corrected chi connectivity index (χ0v) is 23.2. The van der Waals surface area contributed by atoms with Gasteiger partial charge in [0.05, 0.1) is 17.3 Å². The number of ether oxygens (including phenoxy) is 1. The summed E-state index contributed by atoms with van der Waals surface area (Å²) >= 11 is 0.910. The molecule has 4 rings (SSSR count). The van der Waals surface area contributed by atoms with Crippen LogP contribution >= 0.6 is 11.3 Å². The number of ketones is 1. The first-order valence-electron chi connectivity index (χ1n) is 12.3. The number of thiazole rings is 1. The molecule has 3 aromatic rings. The number of aromatic nitrogens is 1. The second-order valence-corrected chi connectivity index (χ2v) is 11.3. The third kappa shape index (κ3) is 5.27. The highest BCUT2D eigenvalue weighted by molar-refractivity contribution is 7.17. The average Bonchev–Trinajstić information content (AvgIpc) is 3.40. The Kier molecular flexibility index (Phi) is 7.57. The number of hydrogen-bond donors (Lipinski definition) is 1. The van der Waals surface area contributed by atoms with E-state index in [-0.39, 0.29) is 33.2 Å². The Morgan fingerprint density at radius 1 is 1.18 bits per heavy atom. The lowest BCUT2D eigenvalue weighted by molar-refractivity contribution is -0.132. The minimum Gasteiger partial charge on any atom is -0.507 e. The highest BCUT2D eigenvalue weighted by Crippen LogP contribution is 2.44. The second-order valence-electron chi connectivity index (χ2n) is 10.3. The molecule has 0 radical (unpaired) electrons. The van der Waals surface area contributed by atoms with Crippen LogP contribution in [0.15, 0.2) is 60.7 Å². The van der Waals surface area contributed by atoms with E-state index in [2.05, 4.69) is 32.3 Å². The molecule has 9 heteroatoms. The molecule has 1 fully saturated rings. The van der Waals surface area contributed by atoms with Crippen LogP contribution in [0.5, 0.6) is 0 Å². The molecule has 0 spiro atoms. The number of nitrogens with zero attached hydrogens (tertiary/aromatic N) is 2. The number of aryl methyl sites for hydroxylation is 2. The molecule has 1 atom stereocenters. The van der Waals surface area contributed by atoms with Crippen LogP contribution in [0.4, 0.5) is 9.52 Å². The molecule has 0 bridgehead atoms. The number of amides is 1. The molecule has 39 heavy (non-hydrogen) atoms. The van der Waals surface area contributed by atoms with Crippen molar-refractivity contribution in [2.75, 3.05) is 11.5 Å². The zero-order valence-electron chi connectivity index (χ0n) is 22.4. The van der Waals surface area contributed by atoms with Gasteiger partial charge in [0.15, 0.2) is 5.13 Å². The molecule has 0 saturated carbocycles. The summed E-state index contributed by atoms with van der Waals surface area (Å²) in [5.74, 6) is -3.55. The summed E-state index contributed by atoms with van der Waals surface area (Å²) in [6.07, 6.45) is 1.43. The van der Waals surface area contributed by atoms with Crippen LogP contribution in [0, 0.1) is 19.7 Å². The molecule has 1 aliphatic heterocycles. The lowest BCUT2D eigenvalue weighted by atomic mass is 9.85. The van der Waals surface area contributed by atoms with E-state index in [0.717, 1.165) is 23.0 Å². The van der Waals surface area contributed by atoms with Gasteiger partial charge in [0.25, 0.3) is 5.78 Å². The van der Waals surface area contributed by atoms with E-state index in [1.807, 2.05) is 12.1 Å². The number of carbonyl (C=O) groups excluding carboxylic acids is 3. The molecule has 1 aliphatic rings. The molecular weight excluding hydrogens is 519 g/mol. The molecule has 0 aliphatic carbocycles. The normalized spacial score (nSPS) is 17.0. The van der Waals surface area contributed by atoms with Gasteiger partial charge in [-0.25, -0.2) is 14.2 Å². The van der Waals surface area contributed by atoms with Gasteiger partial charge < -0.3 is 9.84 Å². The van der Waals surface area contributed by atoms with Crippen LogP contribution in [0.25, 0.3) is 5.76 Å². The number of benzene rings is 2. The van der Waals surface area contributed by atoms with Gasteiger partial charge in [0, 0.05) is 5.56 Å². The molecule has 1 N–H and O–H groups in total. The smallest absolute Gasteiger partial charge is 0.350 e. The summed E-state index contributed by atoms with van der Waals surface area (Å²) in [6.45, 7) is 12.9. The maximum Gasteiger partial charge on any atom is 0.350 e. The van der Waals surface area contributed by atoms with Crippen molar-refractivity contribution in [2.45, 2.75) is 46.1 Å². The average molecular weight is 549 g/mol. The first kappa shape index (κ1) is 27.9. The number of aliphatic hydroxyl groups excluding tert-OH is 1. The summed E-state index contributed by atoms with van der Waals surface area (Å²) in [5, 5.41) is 11.4. The van der Waals surface area contributed by atoms with E-state index in [0.29, 0.717) is 16.8 Å². The Morgan fingerprint density at radius 2 is 1.85 bits per heavy atom. The van der Waals surface area contributed by atoms with Crippen molar-refractivity contribution in [3.8, 4) is 0 Å². The first-order chi connectivity index (χ1) is 18.3. The third-order valence-electron chi connectivity index (χ3n) is 6.49. The van der Waals surface area contributed by atoms with Crippen LogP contribution < -0.4 is 4.90 Å². The first-order valence-corrected chi connectivity index (χ1v) is 13.1. The highest BCUT2D eigenvalue weighted by Gasteiger charge is 2.48. The Labute approximate surface area is 230 Å². The van der Waals surface area contributed by atoms with E-state index < -0.39 is 35.3 Å². The minimum atomic E-state index is -1.06. The summed E-state index contributed by atoms with van der Waals surface area (Å²) in [4.78, 5) is 45.1. The van der Waals surface area contributed by atoms with Crippen LogP contribution in [-0.4, -0.2) is 34.4 Å². The van der Waals surface area contributed by atoms with Crippen molar-refractivity contribution in [2.24, 2.45) is 0 Å². The Bertz CT molecular complexity index is 1520. The quantitative estimate of drug-likeness (QED) is 0.130. The molecule has 2 aromatic carbocycles. The topological polar surface area (TPSA) is 96.8 Å². The Balaban J connectivity index is 1.90. The fraction of sp³-hybridized carbons (Fsp3) is 0.267. The largest absolute Gasteiger partial charge is 0.507 e. The molecule has 0 unspecified atom stereocenters. The Hall–Kier alpha value is -4.11. The fourth-order valence-corrected chi connectivity index (χ4v) is 5.27. The van der Waals surface area contributed by atoms with Crippen LogP contribution in [0.3, 0.4) is 0 Å². The van der Waals surface area contributed by atoms with E-state index in [1.165, 1.54) is 23.1 Å². The van der Waals surface area contributed by atoms with E-state index in [9.17, 15) is 23.9 Å². The molecule has 1 aromatic heterocycles. The van der Waals surface area contributed by atoms with Crippen molar-refractivity contribution >= 4 is 39.9 Å². The number of halogens is 1. The predicted octanol–water partition coefficient (Wildman–Crippen LogP) is 6.17. The Morgan fingerprint density at radius 3 is 2.44 bits per heavy atom. The highest BCUT2D eigenvalue weighted by atomic mass is 32.1. The third-order valence-corrected chi connectivity index (χ3v) is 7.63. The van der Waals surface area contributed by atoms with Gasteiger partial charge in [0.1, 0.15) is 23.1 Å². The fourth-order valence-electron chi connectivity index (χ4n) is 4.28. The number of carbonyl (C=O) groups is 3. The maximum atomic E-state index is 14.4. The minimum absolute atomic E-state index is 0.00323. The van der Waals surface area contributed by atoms with Crippen LogP contribution in [-0.2, 0) is 19.7 Å². The van der Waals surface area contributed by atoms with Gasteiger partial charge in [-0.3, -0.25) is 14.5 Å². The standard InChI is InChI=1S/C30H29FN2O5S/c1-7-14-38-28(37)26-17(3)32-29(39-26)33-23(18-10-12-20(13-11-18)30(4,5)6)22(25(35)27(33)36)24(34)19-9-8-16(2)21(31)15-19/h7-13,15,23,34H,1,14H2,2-6H3/t23-/m1/s1. The molecular formula is C30H29FN2O5S.